The minimum absolute atomic E-state index is 0.508. The number of nitrogens with zero attached hydrogens (tertiary/aromatic N) is 1. The van der Waals surface area contributed by atoms with Crippen LogP contribution in [0.15, 0.2) is 30.3 Å². The van der Waals surface area contributed by atoms with Gasteiger partial charge in [0.1, 0.15) is 0 Å². The second-order valence-corrected chi connectivity index (χ2v) is 4.71. The molecule has 0 saturated heterocycles. The Balaban J connectivity index is 1.92. The fraction of sp³-hybridized carbons (Fsp3) is 0.500. The Labute approximate surface area is 97.8 Å². The molecule has 0 radical (unpaired) electrons. The summed E-state index contributed by atoms with van der Waals surface area (Å²) < 4.78 is 0. The zero-order chi connectivity index (χ0) is 11.4. The van der Waals surface area contributed by atoms with Gasteiger partial charge in [-0.25, -0.2) is 0 Å². The van der Waals surface area contributed by atoms with Gasteiger partial charge in [-0.1, -0.05) is 43.2 Å². The molecule has 2 nitrogen and oxygen atoms in total. The van der Waals surface area contributed by atoms with Gasteiger partial charge < -0.3 is 4.90 Å². The molecule has 0 bridgehead atoms. The highest BCUT2D eigenvalue weighted by molar-refractivity contribution is 5.81. The van der Waals surface area contributed by atoms with Crippen LogP contribution in [0, 0.1) is 11.3 Å². The SMILES string of the molecule is CN(Cc1ccccc1)C(=N)C1CCCC1. The maximum Gasteiger partial charge on any atom is 0.0989 e. The molecule has 1 saturated carbocycles. The van der Waals surface area contributed by atoms with Crippen LogP contribution >= 0.6 is 0 Å². The molecule has 0 aromatic heterocycles. The Kier molecular flexibility index (Phi) is 3.60. The van der Waals surface area contributed by atoms with Gasteiger partial charge in [0, 0.05) is 19.5 Å². The Morgan fingerprint density at radius 3 is 2.50 bits per heavy atom. The van der Waals surface area contributed by atoms with Crippen molar-refractivity contribution in [3.05, 3.63) is 35.9 Å². The van der Waals surface area contributed by atoms with Crippen molar-refractivity contribution in [2.24, 2.45) is 5.92 Å². The van der Waals surface area contributed by atoms with E-state index in [1.807, 2.05) is 13.1 Å². The predicted octanol–water partition coefficient (Wildman–Crippen LogP) is 3.29. The van der Waals surface area contributed by atoms with Crippen LogP contribution in [-0.2, 0) is 6.54 Å². The summed E-state index contributed by atoms with van der Waals surface area (Å²) in [5, 5.41) is 8.17. The highest BCUT2D eigenvalue weighted by Crippen LogP contribution is 2.26. The summed E-state index contributed by atoms with van der Waals surface area (Å²) in [5.41, 5.74) is 1.28. The Hall–Kier alpha value is -1.31. The molecule has 0 spiro atoms. The molecule has 86 valence electrons. The van der Waals surface area contributed by atoms with Crippen LogP contribution in [0.3, 0.4) is 0 Å². The maximum atomic E-state index is 8.17. The second-order valence-electron chi connectivity index (χ2n) is 4.71. The average Bonchev–Trinajstić information content (AvgIpc) is 2.83. The molecule has 1 aromatic carbocycles. The van der Waals surface area contributed by atoms with Crippen LogP contribution in [-0.4, -0.2) is 17.8 Å². The van der Waals surface area contributed by atoms with E-state index in [2.05, 4.69) is 29.2 Å². The molecule has 2 heteroatoms. The van der Waals surface area contributed by atoms with E-state index in [1.54, 1.807) is 0 Å². The molecule has 1 aliphatic carbocycles. The molecule has 1 aromatic rings. The van der Waals surface area contributed by atoms with Gasteiger partial charge >= 0.3 is 0 Å². The van der Waals surface area contributed by atoms with Crippen LogP contribution < -0.4 is 0 Å². The number of amidine groups is 1. The summed E-state index contributed by atoms with van der Waals surface area (Å²) in [6.45, 7) is 0.857. The zero-order valence-electron chi connectivity index (χ0n) is 9.95. The van der Waals surface area contributed by atoms with Crippen molar-refractivity contribution in [3.8, 4) is 0 Å². The first-order valence-electron chi connectivity index (χ1n) is 6.11. The summed E-state index contributed by atoms with van der Waals surface area (Å²) in [5.74, 6) is 1.33. The van der Waals surface area contributed by atoms with Gasteiger partial charge in [-0.05, 0) is 18.4 Å². The largest absolute Gasteiger partial charge is 0.359 e. The quantitative estimate of drug-likeness (QED) is 0.609. The normalized spacial score (nSPS) is 16.3. The Bertz CT molecular complexity index is 339. The molecule has 0 heterocycles. The first-order valence-corrected chi connectivity index (χ1v) is 6.11. The third kappa shape index (κ3) is 2.63. The number of hydrogen-bond acceptors (Lipinski definition) is 1. The number of benzene rings is 1. The third-order valence-electron chi connectivity index (χ3n) is 3.42. The summed E-state index contributed by atoms with van der Waals surface area (Å²) in [6.07, 6.45) is 5.01. The van der Waals surface area contributed by atoms with Crippen LogP contribution in [0.1, 0.15) is 31.2 Å². The van der Waals surface area contributed by atoms with E-state index in [4.69, 9.17) is 5.41 Å². The fourth-order valence-corrected chi connectivity index (χ4v) is 2.45. The highest BCUT2D eigenvalue weighted by Gasteiger charge is 2.22. The van der Waals surface area contributed by atoms with Gasteiger partial charge in [0.05, 0.1) is 5.84 Å². The first-order chi connectivity index (χ1) is 7.77. The monoisotopic (exact) mass is 216 g/mol. The number of rotatable bonds is 3. The minimum atomic E-state index is 0.508. The minimum Gasteiger partial charge on any atom is -0.359 e. The number of nitrogens with one attached hydrogen (secondary N) is 1. The van der Waals surface area contributed by atoms with E-state index in [1.165, 1.54) is 31.2 Å². The highest BCUT2D eigenvalue weighted by atomic mass is 15.1. The Morgan fingerprint density at radius 2 is 1.88 bits per heavy atom. The van der Waals surface area contributed by atoms with Crippen molar-refractivity contribution >= 4 is 5.84 Å². The Morgan fingerprint density at radius 1 is 1.25 bits per heavy atom. The van der Waals surface area contributed by atoms with Crippen molar-refractivity contribution in [1.29, 1.82) is 5.41 Å². The van der Waals surface area contributed by atoms with E-state index >= 15 is 0 Å². The lowest BCUT2D eigenvalue weighted by molar-refractivity contribution is 0.456. The van der Waals surface area contributed by atoms with Gasteiger partial charge in [-0.3, -0.25) is 5.41 Å². The molecule has 1 aliphatic rings. The van der Waals surface area contributed by atoms with Gasteiger partial charge in [0.25, 0.3) is 0 Å². The molecule has 0 aliphatic heterocycles. The second kappa shape index (κ2) is 5.15. The molecule has 1 N–H and O–H groups in total. The van der Waals surface area contributed by atoms with Crippen LogP contribution in [0.4, 0.5) is 0 Å². The molecule has 2 rings (SSSR count). The molecule has 0 amide bonds. The standard InChI is InChI=1S/C14H20N2/c1-16(11-12-7-3-2-4-8-12)14(15)13-9-5-6-10-13/h2-4,7-8,13,15H,5-6,9-11H2,1H3. The molecular formula is C14H20N2. The maximum absolute atomic E-state index is 8.17. The van der Waals surface area contributed by atoms with E-state index in [-0.39, 0.29) is 0 Å². The van der Waals surface area contributed by atoms with Gasteiger partial charge in [0.15, 0.2) is 0 Å². The van der Waals surface area contributed by atoms with Crippen LogP contribution in [0.25, 0.3) is 0 Å². The lowest BCUT2D eigenvalue weighted by Gasteiger charge is -2.24. The molecule has 1 fully saturated rings. The third-order valence-corrected chi connectivity index (χ3v) is 3.42. The fourth-order valence-electron chi connectivity index (χ4n) is 2.45. The van der Waals surface area contributed by atoms with E-state index in [0.29, 0.717) is 5.92 Å². The van der Waals surface area contributed by atoms with Crippen LogP contribution in [0.2, 0.25) is 0 Å². The molecule has 16 heavy (non-hydrogen) atoms. The van der Waals surface area contributed by atoms with Gasteiger partial charge in [-0.15, -0.1) is 0 Å². The zero-order valence-corrected chi connectivity index (χ0v) is 9.95. The lowest BCUT2D eigenvalue weighted by atomic mass is 10.1. The van der Waals surface area contributed by atoms with Crippen molar-refractivity contribution in [2.75, 3.05) is 7.05 Å². The summed E-state index contributed by atoms with van der Waals surface area (Å²) >= 11 is 0. The summed E-state index contributed by atoms with van der Waals surface area (Å²) in [6, 6.07) is 10.4. The topological polar surface area (TPSA) is 27.1 Å². The average molecular weight is 216 g/mol. The number of hydrogen-bond donors (Lipinski definition) is 1. The first kappa shape index (κ1) is 11.2. The van der Waals surface area contributed by atoms with E-state index in [9.17, 15) is 0 Å². The van der Waals surface area contributed by atoms with Crippen molar-refractivity contribution < 1.29 is 0 Å². The van der Waals surface area contributed by atoms with Crippen molar-refractivity contribution in [2.45, 2.75) is 32.2 Å². The molecular weight excluding hydrogens is 196 g/mol. The van der Waals surface area contributed by atoms with Crippen LogP contribution in [0.5, 0.6) is 0 Å². The van der Waals surface area contributed by atoms with E-state index < -0.39 is 0 Å². The molecule has 0 unspecified atom stereocenters. The van der Waals surface area contributed by atoms with Gasteiger partial charge in [-0.2, -0.15) is 0 Å². The van der Waals surface area contributed by atoms with Gasteiger partial charge in [0.2, 0.25) is 0 Å². The van der Waals surface area contributed by atoms with E-state index in [0.717, 1.165) is 12.4 Å². The van der Waals surface area contributed by atoms with Crippen molar-refractivity contribution in [1.82, 2.24) is 4.90 Å². The van der Waals surface area contributed by atoms with Crippen molar-refractivity contribution in [3.63, 3.8) is 0 Å². The summed E-state index contributed by atoms with van der Waals surface area (Å²) in [7, 11) is 2.04. The lowest BCUT2D eigenvalue weighted by Crippen LogP contribution is -2.30. The summed E-state index contributed by atoms with van der Waals surface area (Å²) in [4.78, 5) is 2.09. The molecule has 0 atom stereocenters. The smallest absolute Gasteiger partial charge is 0.0989 e. The predicted molar refractivity (Wildman–Crippen MR) is 67.6 cm³/mol.